The number of rotatable bonds is 3. The van der Waals surface area contributed by atoms with Gasteiger partial charge < -0.3 is 5.11 Å². The highest BCUT2D eigenvalue weighted by molar-refractivity contribution is 9.10. The minimum Gasteiger partial charge on any atom is -0.381 e. The van der Waals surface area contributed by atoms with E-state index in [0.29, 0.717) is 5.56 Å². The molecule has 0 heterocycles. The van der Waals surface area contributed by atoms with Crippen LogP contribution >= 0.6 is 15.9 Å². The molecule has 0 aromatic heterocycles. The van der Waals surface area contributed by atoms with Crippen LogP contribution in [0.1, 0.15) is 25.5 Å². The number of halogens is 1. The molecule has 1 N–H and O–H groups in total. The molecule has 1 rings (SSSR count). The second kappa shape index (κ2) is 4.28. The first-order chi connectivity index (χ1) is 6.85. The van der Waals surface area contributed by atoms with Gasteiger partial charge in [0.25, 0.3) is 0 Å². The van der Waals surface area contributed by atoms with Crippen LogP contribution in [0.4, 0.5) is 0 Å². The molecule has 0 spiro atoms. The topological polar surface area (TPSA) is 63.4 Å². The Morgan fingerprint density at radius 1 is 1.40 bits per heavy atom. The van der Waals surface area contributed by atoms with Gasteiger partial charge in [0.05, 0.1) is 0 Å². The summed E-state index contributed by atoms with van der Waals surface area (Å²) < 4.78 is 0.873. The van der Waals surface area contributed by atoms with Gasteiger partial charge in [0.1, 0.15) is 6.10 Å². The summed E-state index contributed by atoms with van der Waals surface area (Å²) in [6.45, 7) is 2.80. The van der Waals surface area contributed by atoms with Crippen LogP contribution in [0.2, 0.25) is 0 Å². The van der Waals surface area contributed by atoms with Crippen molar-refractivity contribution in [3.8, 4) is 0 Å². The lowest BCUT2D eigenvalue weighted by molar-refractivity contribution is -0.575. The molecule has 0 aliphatic rings. The molecule has 0 saturated carbocycles. The quantitative estimate of drug-likeness (QED) is 0.680. The third-order valence-electron chi connectivity index (χ3n) is 2.33. The average Bonchev–Trinajstić information content (AvgIpc) is 2.17. The molecular weight excluding hydrogens is 262 g/mol. The largest absolute Gasteiger partial charge is 0.381 e. The summed E-state index contributed by atoms with van der Waals surface area (Å²) in [6.07, 6.45) is -1.11. The second-order valence-electron chi connectivity index (χ2n) is 3.86. The van der Waals surface area contributed by atoms with Crippen LogP contribution in [0.5, 0.6) is 0 Å². The summed E-state index contributed by atoms with van der Waals surface area (Å²) in [6, 6.07) is 6.82. The van der Waals surface area contributed by atoms with Crippen molar-refractivity contribution >= 4 is 15.9 Å². The Labute approximate surface area is 96.2 Å². The van der Waals surface area contributed by atoms with Gasteiger partial charge in [0.2, 0.25) is 5.54 Å². The zero-order valence-corrected chi connectivity index (χ0v) is 10.1. The van der Waals surface area contributed by atoms with Crippen molar-refractivity contribution in [3.05, 3.63) is 44.4 Å². The Morgan fingerprint density at radius 2 is 1.87 bits per heavy atom. The highest BCUT2D eigenvalue weighted by Crippen LogP contribution is 2.28. The molecule has 0 radical (unpaired) electrons. The molecule has 15 heavy (non-hydrogen) atoms. The van der Waals surface area contributed by atoms with Crippen molar-refractivity contribution in [2.75, 3.05) is 0 Å². The first kappa shape index (κ1) is 12.1. The van der Waals surface area contributed by atoms with Gasteiger partial charge in [0, 0.05) is 23.2 Å². The van der Waals surface area contributed by atoms with E-state index in [2.05, 4.69) is 15.9 Å². The fourth-order valence-corrected chi connectivity index (χ4v) is 1.42. The molecule has 82 valence electrons. The number of nitro groups is 1. The summed E-state index contributed by atoms with van der Waals surface area (Å²) in [5.41, 5.74) is -0.840. The normalized spacial score (nSPS) is 13.6. The summed E-state index contributed by atoms with van der Waals surface area (Å²) in [4.78, 5) is 10.3. The van der Waals surface area contributed by atoms with Gasteiger partial charge in [-0.3, -0.25) is 10.1 Å². The molecule has 0 aliphatic heterocycles. The highest BCUT2D eigenvalue weighted by atomic mass is 79.9. The molecule has 0 fully saturated rings. The van der Waals surface area contributed by atoms with Gasteiger partial charge in [-0.1, -0.05) is 28.1 Å². The van der Waals surface area contributed by atoms with Crippen LogP contribution in [0, 0.1) is 10.1 Å². The second-order valence-corrected chi connectivity index (χ2v) is 4.78. The Bertz CT molecular complexity index is 361. The molecule has 0 aliphatic carbocycles. The fraction of sp³-hybridized carbons (Fsp3) is 0.400. The number of aliphatic hydroxyl groups excluding tert-OH is 1. The van der Waals surface area contributed by atoms with Crippen molar-refractivity contribution in [3.63, 3.8) is 0 Å². The van der Waals surface area contributed by atoms with E-state index in [4.69, 9.17) is 0 Å². The van der Waals surface area contributed by atoms with Crippen molar-refractivity contribution in [1.82, 2.24) is 0 Å². The summed E-state index contributed by atoms with van der Waals surface area (Å²) in [5, 5.41) is 20.6. The minimum absolute atomic E-state index is 0.473. The van der Waals surface area contributed by atoms with E-state index < -0.39 is 16.6 Å². The summed E-state index contributed by atoms with van der Waals surface area (Å²) in [5.74, 6) is 0. The first-order valence-electron chi connectivity index (χ1n) is 4.43. The molecule has 5 heteroatoms. The number of benzene rings is 1. The van der Waals surface area contributed by atoms with E-state index in [-0.39, 0.29) is 0 Å². The third kappa shape index (κ3) is 2.54. The fourth-order valence-electron chi connectivity index (χ4n) is 1.15. The predicted molar refractivity (Wildman–Crippen MR) is 60.2 cm³/mol. The van der Waals surface area contributed by atoms with E-state index in [1.165, 1.54) is 13.8 Å². The summed E-state index contributed by atoms with van der Waals surface area (Å²) >= 11 is 3.26. The standard InChI is InChI=1S/C10H12BrNO3/c1-10(2,12(14)15)9(13)7-3-5-8(11)6-4-7/h3-6,9,13H,1-2H3/t9-/m1/s1. The van der Waals surface area contributed by atoms with Crippen LogP contribution in [0.15, 0.2) is 28.7 Å². The predicted octanol–water partition coefficient (Wildman–Crippen LogP) is 2.54. The first-order valence-corrected chi connectivity index (χ1v) is 5.23. The van der Waals surface area contributed by atoms with E-state index >= 15 is 0 Å². The zero-order valence-electron chi connectivity index (χ0n) is 8.48. The molecule has 0 amide bonds. The van der Waals surface area contributed by atoms with Gasteiger partial charge in [-0.25, -0.2) is 0 Å². The Hall–Kier alpha value is -0.940. The molecular formula is C10H12BrNO3. The lowest BCUT2D eigenvalue weighted by atomic mass is 9.92. The van der Waals surface area contributed by atoms with Gasteiger partial charge in [-0.05, 0) is 17.7 Å². The summed E-state index contributed by atoms with van der Waals surface area (Å²) in [7, 11) is 0. The maximum absolute atomic E-state index is 10.7. The van der Waals surface area contributed by atoms with Crippen molar-refractivity contribution in [1.29, 1.82) is 0 Å². The molecule has 0 unspecified atom stereocenters. The minimum atomic E-state index is -1.38. The van der Waals surface area contributed by atoms with E-state index in [0.717, 1.165) is 4.47 Å². The van der Waals surface area contributed by atoms with Gasteiger partial charge in [-0.15, -0.1) is 0 Å². The highest BCUT2D eigenvalue weighted by Gasteiger charge is 2.40. The van der Waals surface area contributed by atoms with E-state index in [1.54, 1.807) is 24.3 Å². The van der Waals surface area contributed by atoms with E-state index in [1.807, 2.05) is 0 Å². The lowest BCUT2D eigenvalue weighted by Gasteiger charge is -2.22. The monoisotopic (exact) mass is 273 g/mol. The van der Waals surface area contributed by atoms with Crippen LogP contribution in [-0.4, -0.2) is 15.6 Å². The number of nitrogens with zero attached hydrogens (tertiary/aromatic N) is 1. The molecule has 4 nitrogen and oxygen atoms in total. The van der Waals surface area contributed by atoms with Crippen molar-refractivity contribution in [2.45, 2.75) is 25.5 Å². The Kier molecular flexibility index (Phi) is 3.46. The number of hydrogen-bond donors (Lipinski definition) is 1. The van der Waals surface area contributed by atoms with Gasteiger partial charge >= 0.3 is 0 Å². The van der Waals surface area contributed by atoms with Crippen LogP contribution in [-0.2, 0) is 0 Å². The molecule has 0 bridgehead atoms. The van der Waals surface area contributed by atoms with Crippen LogP contribution in [0.3, 0.4) is 0 Å². The maximum Gasteiger partial charge on any atom is 0.246 e. The molecule has 1 aromatic rings. The maximum atomic E-state index is 10.7. The van der Waals surface area contributed by atoms with Gasteiger partial charge in [0.15, 0.2) is 0 Å². The molecule has 1 aromatic carbocycles. The smallest absolute Gasteiger partial charge is 0.246 e. The van der Waals surface area contributed by atoms with E-state index in [9.17, 15) is 15.2 Å². The van der Waals surface area contributed by atoms with Crippen LogP contribution in [0.25, 0.3) is 0 Å². The lowest BCUT2D eigenvalue weighted by Crippen LogP contribution is -2.37. The average molecular weight is 274 g/mol. The Balaban J connectivity index is 2.99. The van der Waals surface area contributed by atoms with Crippen molar-refractivity contribution < 1.29 is 10.0 Å². The number of aliphatic hydroxyl groups is 1. The van der Waals surface area contributed by atoms with Gasteiger partial charge in [-0.2, -0.15) is 0 Å². The molecule has 0 saturated heterocycles. The zero-order chi connectivity index (χ0) is 11.6. The van der Waals surface area contributed by atoms with Crippen molar-refractivity contribution in [2.24, 2.45) is 0 Å². The number of hydrogen-bond acceptors (Lipinski definition) is 3. The molecule has 1 atom stereocenters. The Morgan fingerprint density at radius 3 is 2.27 bits per heavy atom. The SMILES string of the molecule is CC(C)([C@H](O)c1ccc(Br)cc1)[N+](=O)[O-]. The van der Waals surface area contributed by atoms with Crippen LogP contribution < -0.4 is 0 Å². The third-order valence-corrected chi connectivity index (χ3v) is 2.85.